The van der Waals surface area contributed by atoms with Crippen LogP contribution in [0.2, 0.25) is 0 Å². The van der Waals surface area contributed by atoms with Crippen LogP contribution < -0.4 is 5.69 Å². The van der Waals surface area contributed by atoms with Crippen molar-refractivity contribution in [3.05, 3.63) is 70.1 Å². The molecule has 4 rings (SSSR count). The monoisotopic (exact) mass is 279 g/mol. The first kappa shape index (κ1) is 12.4. The molecule has 0 saturated heterocycles. The third-order valence-corrected chi connectivity index (χ3v) is 4.23. The number of aromatic nitrogens is 2. The Hall–Kier alpha value is -2.33. The van der Waals surface area contributed by atoms with Crippen molar-refractivity contribution in [2.24, 2.45) is 0 Å². The van der Waals surface area contributed by atoms with Gasteiger partial charge in [-0.25, -0.2) is 4.79 Å². The van der Waals surface area contributed by atoms with Crippen LogP contribution in [-0.2, 0) is 19.6 Å². The summed E-state index contributed by atoms with van der Waals surface area (Å²) in [6.45, 7) is 2.53. The molecule has 0 atom stereocenters. The van der Waals surface area contributed by atoms with E-state index < -0.39 is 0 Å². The van der Waals surface area contributed by atoms with Crippen LogP contribution in [0.25, 0.3) is 11.0 Å². The van der Waals surface area contributed by atoms with E-state index in [0.29, 0.717) is 6.67 Å². The van der Waals surface area contributed by atoms with E-state index in [1.807, 2.05) is 28.8 Å². The van der Waals surface area contributed by atoms with Crippen LogP contribution in [0.15, 0.2) is 53.3 Å². The van der Waals surface area contributed by atoms with E-state index in [0.717, 1.165) is 30.5 Å². The molecule has 0 unspecified atom stereocenters. The normalized spacial score (nSPS) is 15.2. The van der Waals surface area contributed by atoms with Crippen molar-refractivity contribution in [2.75, 3.05) is 6.54 Å². The lowest BCUT2D eigenvalue weighted by atomic mass is 10.0. The number of nitrogens with one attached hydrogen (secondary N) is 1. The number of para-hydroxylation sites is 2. The number of hydrogen-bond donors (Lipinski definition) is 1. The van der Waals surface area contributed by atoms with Gasteiger partial charge in [0.05, 0.1) is 17.7 Å². The van der Waals surface area contributed by atoms with Crippen LogP contribution in [0.5, 0.6) is 0 Å². The molecule has 0 fully saturated rings. The Morgan fingerprint density at radius 2 is 1.76 bits per heavy atom. The third-order valence-electron chi connectivity index (χ3n) is 4.23. The number of nitrogens with zero attached hydrogens (tertiary/aromatic N) is 2. The van der Waals surface area contributed by atoms with Gasteiger partial charge in [0.15, 0.2) is 0 Å². The molecule has 21 heavy (non-hydrogen) atoms. The molecule has 2 heterocycles. The van der Waals surface area contributed by atoms with Gasteiger partial charge in [0.25, 0.3) is 0 Å². The first-order chi connectivity index (χ1) is 10.3. The lowest BCUT2D eigenvalue weighted by molar-refractivity contribution is 0.200. The van der Waals surface area contributed by atoms with Gasteiger partial charge in [-0.15, -0.1) is 0 Å². The van der Waals surface area contributed by atoms with E-state index in [4.69, 9.17) is 0 Å². The molecule has 0 radical (unpaired) electrons. The predicted octanol–water partition coefficient (Wildman–Crippen LogP) is 2.35. The molecule has 0 spiro atoms. The summed E-state index contributed by atoms with van der Waals surface area (Å²) < 4.78 is 1.82. The molecule has 4 nitrogen and oxygen atoms in total. The Morgan fingerprint density at radius 3 is 2.67 bits per heavy atom. The summed E-state index contributed by atoms with van der Waals surface area (Å²) in [6, 6.07) is 16.4. The molecule has 3 aromatic rings. The quantitative estimate of drug-likeness (QED) is 0.782. The molecule has 1 aromatic heterocycles. The minimum Gasteiger partial charge on any atom is -0.306 e. The lowest BCUT2D eigenvalue weighted by Gasteiger charge is -2.28. The van der Waals surface area contributed by atoms with E-state index in [1.165, 1.54) is 11.1 Å². The van der Waals surface area contributed by atoms with Gasteiger partial charge in [0.1, 0.15) is 0 Å². The van der Waals surface area contributed by atoms with Crippen molar-refractivity contribution in [3.8, 4) is 0 Å². The predicted molar refractivity (Wildman–Crippen MR) is 83.1 cm³/mol. The van der Waals surface area contributed by atoms with Crippen LogP contribution in [0.4, 0.5) is 0 Å². The summed E-state index contributed by atoms with van der Waals surface area (Å²) in [5.74, 6) is 0. The number of rotatable bonds is 2. The van der Waals surface area contributed by atoms with E-state index in [-0.39, 0.29) is 5.69 Å². The zero-order chi connectivity index (χ0) is 14.2. The minimum absolute atomic E-state index is 0.0324. The zero-order valence-electron chi connectivity index (χ0n) is 11.7. The summed E-state index contributed by atoms with van der Waals surface area (Å²) in [5.41, 5.74) is 4.65. The number of fused-ring (bicyclic) bond motifs is 2. The van der Waals surface area contributed by atoms with Gasteiger partial charge in [0.2, 0.25) is 0 Å². The fraction of sp³-hybridized carbons (Fsp3) is 0.235. The largest absolute Gasteiger partial charge is 0.327 e. The van der Waals surface area contributed by atoms with Crippen molar-refractivity contribution >= 4 is 11.0 Å². The average molecular weight is 279 g/mol. The van der Waals surface area contributed by atoms with Gasteiger partial charge < -0.3 is 4.98 Å². The Bertz CT molecular complexity index is 846. The van der Waals surface area contributed by atoms with Crippen molar-refractivity contribution in [3.63, 3.8) is 0 Å². The summed E-state index contributed by atoms with van der Waals surface area (Å²) >= 11 is 0. The molecule has 2 aromatic carbocycles. The summed E-state index contributed by atoms with van der Waals surface area (Å²) in [6.07, 6.45) is 1.05. The highest BCUT2D eigenvalue weighted by atomic mass is 16.1. The standard InChI is InChI=1S/C17H17N3O/c21-17-18-15-7-3-4-8-16(15)20(17)12-19-10-9-13-5-1-2-6-14(13)11-19/h1-8H,9-12H2,(H,18,21). The molecule has 4 heteroatoms. The van der Waals surface area contributed by atoms with Crippen molar-refractivity contribution in [1.29, 1.82) is 0 Å². The van der Waals surface area contributed by atoms with E-state index >= 15 is 0 Å². The van der Waals surface area contributed by atoms with Crippen LogP contribution in [0.1, 0.15) is 11.1 Å². The smallest absolute Gasteiger partial charge is 0.306 e. The van der Waals surface area contributed by atoms with E-state index in [2.05, 4.69) is 34.1 Å². The van der Waals surface area contributed by atoms with Gasteiger partial charge in [-0.05, 0) is 29.7 Å². The van der Waals surface area contributed by atoms with Crippen LogP contribution in [0.3, 0.4) is 0 Å². The van der Waals surface area contributed by atoms with Crippen LogP contribution in [0, 0.1) is 0 Å². The SMILES string of the molecule is O=c1[nH]c2ccccc2n1CN1CCc2ccccc2C1. The molecular weight excluding hydrogens is 262 g/mol. The Morgan fingerprint density at radius 1 is 1.00 bits per heavy atom. The molecule has 1 aliphatic heterocycles. The molecule has 0 saturated carbocycles. The van der Waals surface area contributed by atoms with Crippen molar-refractivity contribution in [1.82, 2.24) is 14.5 Å². The van der Waals surface area contributed by atoms with Gasteiger partial charge >= 0.3 is 5.69 Å². The molecule has 1 aliphatic rings. The third kappa shape index (κ3) is 2.17. The number of hydrogen-bond acceptors (Lipinski definition) is 2. The Balaban J connectivity index is 1.65. The number of imidazole rings is 1. The molecule has 1 N–H and O–H groups in total. The first-order valence-corrected chi connectivity index (χ1v) is 7.28. The highest BCUT2D eigenvalue weighted by Gasteiger charge is 2.17. The van der Waals surface area contributed by atoms with Gasteiger partial charge in [0, 0.05) is 13.1 Å². The fourth-order valence-corrected chi connectivity index (χ4v) is 3.12. The molecular formula is C17H17N3O. The fourth-order valence-electron chi connectivity index (χ4n) is 3.12. The molecule has 0 aliphatic carbocycles. The maximum Gasteiger partial charge on any atom is 0.327 e. The number of benzene rings is 2. The minimum atomic E-state index is -0.0324. The summed E-state index contributed by atoms with van der Waals surface area (Å²) in [7, 11) is 0. The second kappa shape index (κ2) is 4.90. The topological polar surface area (TPSA) is 41.0 Å². The zero-order valence-corrected chi connectivity index (χ0v) is 11.7. The second-order valence-electron chi connectivity index (χ2n) is 5.59. The van der Waals surface area contributed by atoms with Gasteiger partial charge in [-0.3, -0.25) is 9.47 Å². The Kier molecular flexibility index (Phi) is 2.89. The van der Waals surface area contributed by atoms with E-state index in [1.54, 1.807) is 0 Å². The lowest BCUT2D eigenvalue weighted by Crippen LogP contribution is -2.35. The molecule has 0 bridgehead atoms. The maximum atomic E-state index is 12.1. The number of H-pyrrole nitrogens is 1. The van der Waals surface area contributed by atoms with Crippen molar-refractivity contribution in [2.45, 2.75) is 19.6 Å². The highest BCUT2D eigenvalue weighted by molar-refractivity contribution is 5.74. The summed E-state index contributed by atoms with van der Waals surface area (Å²) in [4.78, 5) is 17.4. The van der Waals surface area contributed by atoms with Gasteiger partial charge in [-0.1, -0.05) is 36.4 Å². The number of aromatic amines is 1. The van der Waals surface area contributed by atoms with Crippen molar-refractivity contribution < 1.29 is 0 Å². The van der Waals surface area contributed by atoms with Crippen LogP contribution >= 0.6 is 0 Å². The average Bonchev–Trinajstić information content (AvgIpc) is 2.83. The maximum absolute atomic E-state index is 12.1. The van der Waals surface area contributed by atoms with Gasteiger partial charge in [-0.2, -0.15) is 0 Å². The second-order valence-corrected chi connectivity index (χ2v) is 5.59. The Labute approximate surface area is 122 Å². The highest BCUT2D eigenvalue weighted by Crippen LogP contribution is 2.19. The summed E-state index contributed by atoms with van der Waals surface area (Å²) in [5, 5.41) is 0. The van der Waals surface area contributed by atoms with E-state index in [9.17, 15) is 4.79 Å². The first-order valence-electron chi connectivity index (χ1n) is 7.28. The van der Waals surface area contributed by atoms with Crippen LogP contribution in [-0.4, -0.2) is 21.0 Å². The molecule has 106 valence electrons. The molecule has 0 amide bonds.